The highest BCUT2D eigenvalue weighted by molar-refractivity contribution is 5.35. The molecule has 96 valence electrons. The second kappa shape index (κ2) is 5.83. The zero-order chi connectivity index (χ0) is 13.0. The fraction of sp³-hybridized carbons (Fsp3) is 0.333. The minimum Gasteiger partial charge on any atom is -0.472 e. The second-order valence-corrected chi connectivity index (χ2v) is 4.44. The lowest BCUT2D eigenvalue weighted by Gasteiger charge is -2.19. The van der Waals surface area contributed by atoms with Crippen LogP contribution in [0.15, 0.2) is 41.2 Å². The normalized spacial score (nSPS) is 12.6. The Morgan fingerprint density at radius 3 is 2.78 bits per heavy atom. The number of rotatable bonds is 5. The standard InChI is InChI=1S/C15H18FNO/c1-3-7-17-15(12-6-8-18-10-12)14-5-4-13(16)9-11(14)2/h4-6,8-10,15,17H,3,7H2,1-2H3. The third kappa shape index (κ3) is 2.79. The van der Waals surface area contributed by atoms with Gasteiger partial charge >= 0.3 is 0 Å². The Morgan fingerprint density at radius 2 is 2.17 bits per heavy atom. The number of benzene rings is 1. The van der Waals surface area contributed by atoms with Gasteiger partial charge in [-0.05, 0) is 49.2 Å². The van der Waals surface area contributed by atoms with Gasteiger partial charge < -0.3 is 9.73 Å². The predicted octanol–water partition coefficient (Wildman–Crippen LogP) is 3.82. The molecule has 0 aliphatic heterocycles. The first-order valence-electron chi connectivity index (χ1n) is 6.24. The molecule has 3 heteroatoms. The third-order valence-corrected chi connectivity index (χ3v) is 3.02. The fourth-order valence-corrected chi connectivity index (χ4v) is 2.10. The number of furan rings is 1. The molecule has 1 N–H and O–H groups in total. The van der Waals surface area contributed by atoms with Crippen molar-refractivity contribution in [3.05, 3.63) is 59.3 Å². The third-order valence-electron chi connectivity index (χ3n) is 3.02. The number of hydrogen-bond acceptors (Lipinski definition) is 2. The summed E-state index contributed by atoms with van der Waals surface area (Å²) in [5.74, 6) is -0.197. The molecule has 0 bridgehead atoms. The van der Waals surface area contributed by atoms with Crippen LogP contribution in [0.25, 0.3) is 0 Å². The largest absolute Gasteiger partial charge is 0.472 e. The van der Waals surface area contributed by atoms with Gasteiger partial charge in [0.05, 0.1) is 18.6 Å². The predicted molar refractivity (Wildman–Crippen MR) is 70.0 cm³/mol. The van der Waals surface area contributed by atoms with E-state index in [9.17, 15) is 4.39 Å². The second-order valence-electron chi connectivity index (χ2n) is 4.44. The first-order chi connectivity index (χ1) is 8.72. The van der Waals surface area contributed by atoms with E-state index in [0.29, 0.717) is 0 Å². The molecule has 0 saturated heterocycles. The molecular formula is C15H18FNO. The van der Waals surface area contributed by atoms with E-state index >= 15 is 0 Å². The van der Waals surface area contributed by atoms with Gasteiger partial charge in [-0.3, -0.25) is 0 Å². The van der Waals surface area contributed by atoms with E-state index in [1.165, 1.54) is 6.07 Å². The van der Waals surface area contributed by atoms with Crippen molar-refractivity contribution in [1.29, 1.82) is 0 Å². The van der Waals surface area contributed by atoms with Crippen LogP contribution in [0.4, 0.5) is 4.39 Å². The molecule has 1 heterocycles. The Morgan fingerprint density at radius 1 is 1.33 bits per heavy atom. The minimum absolute atomic E-state index is 0.0595. The summed E-state index contributed by atoms with van der Waals surface area (Å²) in [6.45, 7) is 4.96. The van der Waals surface area contributed by atoms with Crippen LogP contribution in [0.2, 0.25) is 0 Å². The van der Waals surface area contributed by atoms with Gasteiger partial charge in [-0.2, -0.15) is 0 Å². The Bertz CT molecular complexity index is 493. The van der Waals surface area contributed by atoms with Crippen molar-refractivity contribution in [2.75, 3.05) is 6.54 Å². The van der Waals surface area contributed by atoms with Crippen molar-refractivity contribution in [2.24, 2.45) is 0 Å². The Labute approximate surface area is 107 Å². The molecule has 0 radical (unpaired) electrons. The highest BCUT2D eigenvalue weighted by atomic mass is 19.1. The summed E-state index contributed by atoms with van der Waals surface area (Å²) in [4.78, 5) is 0. The van der Waals surface area contributed by atoms with Crippen molar-refractivity contribution < 1.29 is 8.81 Å². The molecule has 2 rings (SSSR count). The molecule has 0 amide bonds. The van der Waals surface area contributed by atoms with Crippen molar-refractivity contribution in [1.82, 2.24) is 5.32 Å². The van der Waals surface area contributed by atoms with Crippen LogP contribution < -0.4 is 5.32 Å². The molecule has 2 nitrogen and oxygen atoms in total. The number of hydrogen-bond donors (Lipinski definition) is 1. The van der Waals surface area contributed by atoms with Gasteiger partial charge in [0.15, 0.2) is 0 Å². The number of aryl methyl sites for hydroxylation is 1. The van der Waals surface area contributed by atoms with Crippen LogP contribution in [0.5, 0.6) is 0 Å². The van der Waals surface area contributed by atoms with Gasteiger partial charge in [-0.25, -0.2) is 4.39 Å². The highest BCUT2D eigenvalue weighted by Crippen LogP contribution is 2.25. The molecular weight excluding hydrogens is 229 g/mol. The zero-order valence-corrected chi connectivity index (χ0v) is 10.7. The van der Waals surface area contributed by atoms with Gasteiger partial charge in [-0.1, -0.05) is 13.0 Å². The SMILES string of the molecule is CCCNC(c1ccoc1)c1ccc(F)cc1C. The van der Waals surface area contributed by atoms with E-state index < -0.39 is 0 Å². The van der Waals surface area contributed by atoms with E-state index in [1.807, 2.05) is 19.1 Å². The molecule has 1 aromatic carbocycles. The summed E-state index contributed by atoms with van der Waals surface area (Å²) in [6, 6.07) is 6.91. The zero-order valence-electron chi connectivity index (χ0n) is 10.7. The van der Waals surface area contributed by atoms with E-state index in [4.69, 9.17) is 4.42 Å². The number of nitrogens with one attached hydrogen (secondary N) is 1. The highest BCUT2D eigenvalue weighted by Gasteiger charge is 2.16. The van der Waals surface area contributed by atoms with E-state index in [-0.39, 0.29) is 11.9 Å². The Balaban J connectivity index is 2.33. The lowest BCUT2D eigenvalue weighted by molar-refractivity contribution is 0.547. The maximum atomic E-state index is 13.2. The van der Waals surface area contributed by atoms with E-state index in [2.05, 4.69) is 12.2 Å². The summed E-state index contributed by atoms with van der Waals surface area (Å²) in [7, 11) is 0. The molecule has 0 aliphatic carbocycles. The van der Waals surface area contributed by atoms with Crippen molar-refractivity contribution in [2.45, 2.75) is 26.3 Å². The molecule has 2 aromatic rings. The molecule has 1 unspecified atom stereocenters. The summed E-state index contributed by atoms with van der Waals surface area (Å²) >= 11 is 0. The van der Waals surface area contributed by atoms with Crippen molar-refractivity contribution >= 4 is 0 Å². The number of halogens is 1. The first-order valence-corrected chi connectivity index (χ1v) is 6.24. The minimum atomic E-state index is -0.197. The molecule has 1 atom stereocenters. The van der Waals surface area contributed by atoms with Crippen LogP contribution in [0.1, 0.15) is 36.1 Å². The molecule has 18 heavy (non-hydrogen) atoms. The smallest absolute Gasteiger partial charge is 0.123 e. The average Bonchev–Trinajstić information content (AvgIpc) is 2.85. The van der Waals surface area contributed by atoms with Crippen LogP contribution >= 0.6 is 0 Å². The molecule has 0 saturated carbocycles. The lowest BCUT2D eigenvalue weighted by atomic mass is 9.96. The maximum Gasteiger partial charge on any atom is 0.123 e. The van der Waals surface area contributed by atoms with Gasteiger partial charge in [0.2, 0.25) is 0 Å². The van der Waals surface area contributed by atoms with E-state index in [1.54, 1.807) is 18.6 Å². The Hall–Kier alpha value is -1.61. The Kier molecular flexibility index (Phi) is 4.15. The van der Waals surface area contributed by atoms with Crippen molar-refractivity contribution in [3.63, 3.8) is 0 Å². The molecule has 1 aromatic heterocycles. The molecule has 0 spiro atoms. The van der Waals surface area contributed by atoms with Gasteiger partial charge in [0.1, 0.15) is 5.82 Å². The summed E-state index contributed by atoms with van der Waals surface area (Å²) < 4.78 is 18.3. The van der Waals surface area contributed by atoms with Crippen LogP contribution in [0, 0.1) is 12.7 Å². The summed E-state index contributed by atoms with van der Waals surface area (Å²) in [5.41, 5.74) is 3.11. The monoisotopic (exact) mass is 247 g/mol. The first kappa shape index (κ1) is 12.8. The van der Waals surface area contributed by atoms with Gasteiger partial charge in [0, 0.05) is 5.56 Å². The van der Waals surface area contributed by atoms with Crippen LogP contribution in [-0.4, -0.2) is 6.54 Å². The van der Waals surface area contributed by atoms with Crippen LogP contribution in [-0.2, 0) is 0 Å². The summed E-state index contributed by atoms with van der Waals surface area (Å²) in [5, 5.41) is 3.47. The molecule has 0 aliphatic rings. The summed E-state index contributed by atoms with van der Waals surface area (Å²) in [6.07, 6.45) is 4.44. The lowest BCUT2D eigenvalue weighted by Crippen LogP contribution is -2.23. The fourth-order valence-electron chi connectivity index (χ4n) is 2.10. The molecule has 0 fully saturated rings. The van der Waals surface area contributed by atoms with Gasteiger partial charge in [0.25, 0.3) is 0 Å². The van der Waals surface area contributed by atoms with E-state index in [0.717, 1.165) is 29.7 Å². The topological polar surface area (TPSA) is 25.2 Å². The quantitative estimate of drug-likeness (QED) is 0.869. The maximum absolute atomic E-state index is 13.2. The van der Waals surface area contributed by atoms with Crippen molar-refractivity contribution in [3.8, 4) is 0 Å². The van der Waals surface area contributed by atoms with Gasteiger partial charge in [-0.15, -0.1) is 0 Å². The van der Waals surface area contributed by atoms with Crippen LogP contribution in [0.3, 0.4) is 0 Å². The average molecular weight is 247 g/mol.